The van der Waals surface area contributed by atoms with Gasteiger partial charge in [-0.1, -0.05) is 6.07 Å². The molecule has 0 N–H and O–H groups in total. The summed E-state index contributed by atoms with van der Waals surface area (Å²) in [6.45, 7) is 3.21. The smallest absolute Gasteiger partial charge is 0.164 e. The van der Waals surface area contributed by atoms with Gasteiger partial charge in [0.15, 0.2) is 12.1 Å². The van der Waals surface area contributed by atoms with Crippen molar-refractivity contribution in [2.75, 3.05) is 7.11 Å². The van der Waals surface area contributed by atoms with Crippen LogP contribution >= 0.6 is 0 Å². The van der Waals surface area contributed by atoms with E-state index in [1.54, 1.807) is 19.1 Å². The summed E-state index contributed by atoms with van der Waals surface area (Å²) in [5.74, 6) is 0.290. The van der Waals surface area contributed by atoms with Crippen LogP contribution in [0.3, 0.4) is 0 Å². The van der Waals surface area contributed by atoms with Crippen LogP contribution in [0.15, 0.2) is 12.1 Å². The molecule has 0 aliphatic rings. The summed E-state index contributed by atoms with van der Waals surface area (Å²) >= 11 is 0. The van der Waals surface area contributed by atoms with E-state index in [9.17, 15) is 9.59 Å². The van der Waals surface area contributed by atoms with E-state index >= 15 is 0 Å². The summed E-state index contributed by atoms with van der Waals surface area (Å²) in [6, 6.07) is 3.45. The lowest BCUT2D eigenvalue weighted by molar-refractivity contribution is 0.100. The first-order valence-electron chi connectivity index (χ1n) is 4.25. The highest BCUT2D eigenvalue weighted by atomic mass is 16.5. The van der Waals surface area contributed by atoms with E-state index in [4.69, 9.17) is 4.74 Å². The van der Waals surface area contributed by atoms with Gasteiger partial charge in [0.25, 0.3) is 0 Å². The van der Waals surface area contributed by atoms with Crippen molar-refractivity contribution in [2.24, 2.45) is 0 Å². The van der Waals surface area contributed by atoms with Crippen molar-refractivity contribution in [1.29, 1.82) is 0 Å². The molecule has 0 bridgehead atoms. The van der Waals surface area contributed by atoms with Crippen molar-refractivity contribution in [3.05, 3.63) is 28.8 Å². The maximum absolute atomic E-state index is 11.3. The molecule has 0 aliphatic carbocycles. The molecule has 0 aromatic heterocycles. The van der Waals surface area contributed by atoms with Crippen LogP contribution in [0.25, 0.3) is 0 Å². The Labute approximate surface area is 82.7 Å². The minimum absolute atomic E-state index is 0.160. The highest BCUT2D eigenvalue weighted by molar-refractivity contribution is 6.04. The van der Waals surface area contributed by atoms with Crippen LogP contribution < -0.4 is 4.74 Å². The van der Waals surface area contributed by atoms with E-state index in [0.717, 1.165) is 5.56 Å². The third-order valence-corrected chi connectivity index (χ3v) is 2.12. The average molecular weight is 192 g/mol. The molecular weight excluding hydrogens is 180 g/mol. The minimum Gasteiger partial charge on any atom is -0.496 e. The molecule has 3 heteroatoms. The summed E-state index contributed by atoms with van der Waals surface area (Å²) < 4.78 is 5.02. The van der Waals surface area contributed by atoms with Gasteiger partial charge in [-0.25, -0.2) is 0 Å². The van der Waals surface area contributed by atoms with Crippen molar-refractivity contribution >= 4 is 12.1 Å². The average Bonchev–Trinajstić information content (AvgIpc) is 2.17. The van der Waals surface area contributed by atoms with Crippen LogP contribution in [-0.2, 0) is 0 Å². The van der Waals surface area contributed by atoms with E-state index in [2.05, 4.69) is 0 Å². The molecular formula is C11H12O3. The van der Waals surface area contributed by atoms with Gasteiger partial charge in [-0.3, -0.25) is 9.59 Å². The van der Waals surface area contributed by atoms with Gasteiger partial charge in [0, 0.05) is 5.56 Å². The van der Waals surface area contributed by atoms with Gasteiger partial charge in [0.05, 0.1) is 12.7 Å². The lowest BCUT2D eigenvalue weighted by atomic mass is 9.99. The topological polar surface area (TPSA) is 43.4 Å². The van der Waals surface area contributed by atoms with Crippen molar-refractivity contribution in [3.63, 3.8) is 0 Å². The standard InChI is InChI=1S/C11H12O3/c1-7-4-5-10(14-3)11(8(2)13)9(7)6-12/h4-6H,1-3H3. The lowest BCUT2D eigenvalue weighted by Gasteiger charge is -2.09. The summed E-state index contributed by atoms with van der Waals surface area (Å²) in [7, 11) is 1.48. The van der Waals surface area contributed by atoms with Gasteiger partial charge in [0.2, 0.25) is 0 Å². The highest BCUT2D eigenvalue weighted by Crippen LogP contribution is 2.24. The van der Waals surface area contributed by atoms with E-state index < -0.39 is 0 Å². The van der Waals surface area contributed by atoms with Crippen LogP contribution in [0.1, 0.15) is 33.2 Å². The fourth-order valence-corrected chi connectivity index (χ4v) is 1.39. The number of aryl methyl sites for hydroxylation is 1. The Hall–Kier alpha value is -1.64. The molecule has 0 saturated heterocycles. The summed E-state index contributed by atoms with van der Waals surface area (Å²) in [4.78, 5) is 22.1. The predicted octanol–water partition coefficient (Wildman–Crippen LogP) is 2.02. The van der Waals surface area contributed by atoms with Crippen LogP contribution in [0.4, 0.5) is 0 Å². The molecule has 14 heavy (non-hydrogen) atoms. The number of hydrogen-bond acceptors (Lipinski definition) is 3. The number of aldehydes is 1. The Kier molecular flexibility index (Phi) is 3.02. The number of methoxy groups -OCH3 is 1. The van der Waals surface area contributed by atoms with Crippen LogP contribution in [0.5, 0.6) is 5.75 Å². The second-order valence-corrected chi connectivity index (χ2v) is 3.05. The molecule has 0 saturated carbocycles. The number of rotatable bonds is 3. The predicted molar refractivity (Wildman–Crippen MR) is 53.1 cm³/mol. The zero-order valence-corrected chi connectivity index (χ0v) is 8.46. The molecule has 1 rings (SSSR count). The molecule has 0 fully saturated rings. The van der Waals surface area contributed by atoms with E-state index in [-0.39, 0.29) is 5.78 Å². The fourth-order valence-electron chi connectivity index (χ4n) is 1.39. The molecule has 3 nitrogen and oxygen atoms in total. The molecule has 0 radical (unpaired) electrons. The molecule has 0 amide bonds. The Morgan fingerprint density at radius 3 is 2.50 bits per heavy atom. The maximum Gasteiger partial charge on any atom is 0.164 e. The molecule has 0 heterocycles. The van der Waals surface area contributed by atoms with Crippen molar-refractivity contribution in [1.82, 2.24) is 0 Å². The van der Waals surface area contributed by atoms with Crippen LogP contribution in [0.2, 0.25) is 0 Å². The van der Waals surface area contributed by atoms with Crippen molar-refractivity contribution < 1.29 is 14.3 Å². The van der Waals surface area contributed by atoms with E-state index in [1.807, 2.05) is 0 Å². The van der Waals surface area contributed by atoms with Crippen LogP contribution in [-0.4, -0.2) is 19.2 Å². The van der Waals surface area contributed by atoms with Crippen molar-refractivity contribution in [2.45, 2.75) is 13.8 Å². The third-order valence-electron chi connectivity index (χ3n) is 2.12. The number of Topliss-reactive ketones (excluding diaryl/α,β-unsaturated/α-hetero) is 1. The Bertz CT molecular complexity index is 380. The van der Waals surface area contributed by atoms with Gasteiger partial charge in [-0.05, 0) is 25.5 Å². The second kappa shape index (κ2) is 4.05. The molecule has 0 unspecified atom stereocenters. The normalized spacial score (nSPS) is 9.64. The number of benzene rings is 1. The lowest BCUT2D eigenvalue weighted by Crippen LogP contribution is -2.04. The number of hydrogen-bond donors (Lipinski definition) is 0. The number of carbonyl (C=O) groups is 2. The first-order chi connectivity index (χ1) is 6.61. The van der Waals surface area contributed by atoms with Crippen LogP contribution in [0, 0.1) is 6.92 Å². The third kappa shape index (κ3) is 1.66. The minimum atomic E-state index is -0.160. The number of ketones is 1. The van der Waals surface area contributed by atoms with Crippen molar-refractivity contribution in [3.8, 4) is 5.75 Å². The molecule has 0 aliphatic heterocycles. The molecule has 0 atom stereocenters. The Morgan fingerprint density at radius 2 is 2.07 bits per heavy atom. The SMILES string of the molecule is COc1ccc(C)c(C=O)c1C(C)=O. The first-order valence-corrected chi connectivity index (χ1v) is 4.25. The molecule has 74 valence electrons. The van der Waals surface area contributed by atoms with Gasteiger partial charge in [-0.2, -0.15) is 0 Å². The monoisotopic (exact) mass is 192 g/mol. The first kappa shape index (κ1) is 10.4. The van der Waals surface area contributed by atoms with E-state index in [0.29, 0.717) is 23.2 Å². The quantitative estimate of drug-likeness (QED) is 0.543. The maximum atomic E-state index is 11.3. The fraction of sp³-hybridized carbons (Fsp3) is 0.273. The number of carbonyl (C=O) groups excluding carboxylic acids is 2. The summed E-state index contributed by atoms with van der Waals surface area (Å²) in [5.41, 5.74) is 1.56. The Balaban J connectivity index is 3.51. The number of ether oxygens (including phenoxy) is 1. The summed E-state index contributed by atoms with van der Waals surface area (Å²) in [6.07, 6.45) is 0.689. The summed E-state index contributed by atoms with van der Waals surface area (Å²) in [5, 5.41) is 0. The Morgan fingerprint density at radius 1 is 1.43 bits per heavy atom. The zero-order chi connectivity index (χ0) is 10.7. The van der Waals surface area contributed by atoms with E-state index in [1.165, 1.54) is 14.0 Å². The molecule has 0 spiro atoms. The molecule has 1 aromatic carbocycles. The van der Waals surface area contributed by atoms with Gasteiger partial charge >= 0.3 is 0 Å². The largest absolute Gasteiger partial charge is 0.496 e. The zero-order valence-electron chi connectivity index (χ0n) is 8.46. The highest BCUT2D eigenvalue weighted by Gasteiger charge is 2.14. The second-order valence-electron chi connectivity index (χ2n) is 3.05. The van der Waals surface area contributed by atoms with Gasteiger partial charge in [0.1, 0.15) is 5.75 Å². The molecule has 1 aromatic rings. The van der Waals surface area contributed by atoms with Gasteiger partial charge in [-0.15, -0.1) is 0 Å². The van der Waals surface area contributed by atoms with Gasteiger partial charge < -0.3 is 4.74 Å².